The van der Waals surface area contributed by atoms with Gasteiger partial charge in [-0.3, -0.25) is 9.69 Å². The fourth-order valence-corrected chi connectivity index (χ4v) is 10.8. The van der Waals surface area contributed by atoms with E-state index < -0.39 is 23.1 Å². The molecule has 10 nitrogen and oxygen atoms in total. The van der Waals surface area contributed by atoms with Crippen LogP contribution in [0.1, 0.15) is 89.5 Å². The SMILES string of the molecule is C[C@@H]1C(NC(=O)C2CCS(=O)N2Cc2cccc(CN(Cc3ccccc3Oc3ccc(C#N)cc3)[C@H](CN(C)C)CC(C)(C)C)c2)CC2CC1C2(C)C.O=C(O)C(F)(F)F. The standard InChI is InChI=1S/C45H61N5O3S.C2HF3O2/c1-31-39-23-36(45(39,5)6)24-40(31)47-43(51)41-20-21-54(52)50(41)28-34-13-11-12-33(22-34)27-49(37(30-48(7)8)25-44(2,3)4)29-35-14-9-10-15-42(35)53-38-18-16-32(26-46)17-19-38;3-2(4,5)1(6)7/h9-19,22,31,36-37,39-41H,20-21,23-25,27-30H2,1-8H3,(H,47,51);(H,6,7)/t31-,36?,37-,39?,40?,41?,54?;/m0./s1. The van der Waals surface area contributed by atoms with Gasteiger partial charge in [0.05, 0.1) is 22.6 Å². The zero-order valence-corrected chi connectivity index (χ0v) is 37.5. The van der Waals surface area contributed by atoms with Gasteiger partial charge >= 0.3 is 12.1 Å². The monoisotopic (exact) mass is 865 g/mol. The predicted octanol–water partition coefficient (Wildman–Crippen LogP) is 8.78. The maximum Gasteiger partial charge on any atom is 0.490 e. The molecule has 4 fully saturated rings. The molecule has 1 heterocycles. The number of aliphatic carboxylic acids is 1. The van der Waals surface area contributed by atoms with Crippen LogP contribution < -0.4 is 10.1 Å². The number of carbonyl (C=O) groups excluding carboxylic acids is 1. The third kappa shape index (κ3) is 12.7. The van der Waals surface area contributed by atoms with Crippen molar-refractivity contribution in [2.75, 3.05) is 26.4 Å². The van der Waals surface area contributed by atoms with E-state index in [0.29, 0.717) is 59.7 Å². The quantitative estimate of drug-likeness (QED) is 0.165. The van der Waals surface area contributed by atoms with Gasteiger partial charge in [0.25, 0.3) is 0 Å². The van der Waals surface area contributed by atoms with E-state index in [0.717, 1.165) is 42.8 Å². The van der Waals surface area contributed by atoms with Crippen LogP contribution in [0.25, 0.3) is 0 Å². The van der Waals surface area contributed by atoms with Crippen molar-refractivity contribution in [2.45, 2.75) is 111 Å². The first-order chi connectivity index (χ1) is 28.5. The number of amides is 1. The molecule has 0 radical (unpaired) electrons. The van der Waals surface area contributed by atoms with E-state index in [9.17, 15) is 27.4 Å². The van der Waals surface area contributed by atoms with Crippen molar-refractivity contribution in [2.24, 2.45) is 28.6 Å². The first-order valence-electron chi connectivity index (χ1n) is 21.0. The molecule has 332 valence electrons. The van der Waals surface area contributed by atoms with E-state index in [-0.39, 0.29) is 29.4 Å². The van der Waals surface area contributed by atoms with E-state index in [1.807, 2.05) is 28.6 Å². The number of ether oxygens (including phenoxy) is 1. The van der Waals surface area contributed by atoms with Gasteiger partial charge in [-0.25, -0.2) is 13.3 Å². The number of hydrogen-bond acceptors (Lipinski definition) is 7. The van der Waals surface area contributed by atoms with Gasteiger partial charge in [0.15, 0.2) is 0 Å². The molecule has 4 aliphatic rings. The van der Waals surface area contributed by atoms with E-state index in [1.54, 1.807) is 12.1 Å². The summed E-state index contributed by atoms with van der Waals surface area (Å²) >= 11 is 0. The first-order valence-corrected chi connectivity index (χ1v) is 22.3. The molecular formula is C47H62F3N5O5S. The predicted molar refractivity (Wildman–Crippen MR) is 232 cm³/mol. The number of nitrogens with one attached hydrogen (secondary N) is 1. The Kier molecular flexibility index (Phi) is 15.5. The molecule has 1 amide bonds. The molecule has 0 spiro atoms. The summed E-state index contributed by atoms with van der Waals surface area (Å²) in [7, 11) is 3.07. The van der Waals surface area contributed by atoms with Gasteiger partial charge in [0, 0.05) is 49.6 Å². The number of benzene rings is 3. The number of carboxylic acids is 1. The highest BCUT2D eigenvalue weighted by atomic mass is 32.2. The lowest BCUT2D eigenvalue weighted by Gasteiger charge is -2.62. The van der Waals surface area contributed by atoms with Gasteiger partial charge in [0.1, 0.15) is 17.5 Å². The molecular weight excluding hydrogens is 804 g/mol. The zero-order valence-electron chi connectivity index (χ0n) is 36.7. The maximum atomic E-state index is 13.8. The third-order valence-electron chi connectivity index (χ3n) is 12.6. The maximum absolute atomic E-state index is 13.8. The lowest BCUT2D eigenvalue weighted by molar-refractivity contribution is -0.192. The van der Waals surface area contributed by atoms with Crippen LogP contribution in [-0.4, -0.2) is 86.0 Å². The Morgan fingerprint density at radius 3 is 2.26 bits per heavy atom. The van der Waals surface area contributed by atoms with E-state index in [4.69, 9.17) is 14.6 Å². The molecule has 3 aromatic rings. The third-order valence-corrected chi connectivity index (χ3v) is 14.1. The largest absolute Gasteiger partial charge is 0.490 e. The molecule has 7 atom stereocenters. The Morgan fingerprint density at radius 2 is 1.67 bits per heavy atom. The lowest BCUT2D eigenvalue weighted by atomic mass is 9.45. The molecule has 2 bridgehead atoms. The summed E-state index contributed by atoms with van der Waals surface area (Å²) in [5, 5.41) is 19.8. The number of nitrogens with zero attached hydrogens (tertiary/aromatic N) is 4. The number of fused-ring (bicyclic) bond motifs is 2. The van der Waals surface area contributed by atoms with Crippen molar-refractivity contribution in [3.63, 3.8) is 0 Å². The number of carbonyl (C=O) groups is 2. The Hall–Kier alpha value is -4.29. The molecule has 5 unspecified atom stereocenters. The summed E-state index contributed by atoms with van der Waals surface area (Å²) in [4.78, 5) is 27.5. The minimum Gasteiger partial charge on any atom is -0.475 e. The smallest absolute Gasteiger partial charge is 0.475 e. The van der Waals surface area contributed by atoms with Gasteiger partial charge in [-0.05, 0) is 110 Å². The van der Waals surface area contributed by atoms with Crippen molar-refractivity contribution in [3.05, 3.63) is 95.1 Å². The van der Waals surface area contributed by atoms with Crippen LogP contribution in [0.5, 0.6) is 11.5 Å². The van der Waals surface area contributed by atoms with Crippen molar-refractivity contribution < 1.29 is 36.8 Å². The van der Waals surface area contributed by atoms with Crippen molar-refractivity contribution in [3.8, 4) is 17.6 Å². The lowest BCUT2D eigenvalue weighted by Crippen LogP contribution is -2.61. The Labute approximate surface area is 362 Å². The molecule has 0 aromatic heterocycles. The van der Waals surface area contributed by atoms with E-state index in [1.165, 1.54) is 12.0 Å². The minimum absolute atomic E-state index is 0.0368. The summed E-state index contributed by atoms with van der Waals surface area (Å²) in [6, 6.07) is 26.3. The zero-order chi connectivity index (χ0) is 44.9. The second-order valence-electron chi connectivity index (χ2n) is 19.0. The Bertz CT molecular complexity index is 2050. The molecule has 7 rings (SSSR count). The average Bonchev–Trinajstić information content (AvgIpc) is 3.54. The summed E-state index contributed by atoms with van der Waals surface area (Å²) in [5.74, 6) is 1.07. The van der Waals surface area contributed by atoms with Crippen LogP contribution in [0, 0.1) is 39.9 Å². The molecule has 14 heteroatoms. The number of likely N-dealkylation sites (N-methyl/N-ethyl adjacent to an activating group) is 1. The van der Waals surface area contributed by atoms with Crippen LogP contribution in [0.2, 0.25) is 0 Å². The van der Waals surface area contributed by atoms with Gasteiger partial charge in [0.2, 0.25) is 5.91 Å². The second kappa shape index (κ2) is 19.8. The number of hydrogen-bond donors (Lipinski definition) is 2. The topological polar surface area (TPSA) is 126 Å². The number of alkyl halides is 3. The van der Waals surface area contributed by atoms with E-state index >= 15 is 0 Å². The summed E-state index contributed by atoms with van der Waals surface area (Å²) in [5.41, 5.74) is 4.41. The van der Waals surface area contributed by atoms with Gasteiger partial charge in [-0.15, -0.1) is 0 Å². The fraction of sp³-hybridized carbons (Fsp3) is 0.553. The minimum atomic E-state index is -5.08. The molecule has 2 N–H and O–H groups in total. The molecule has 3 aliphatic carbocycles. The van der Waals surface area contributed by atoms with Crippen molar-refractivity contribution in [1.29, 1.82) is 5.26 Å². The van der Waals surface area contributed by atoms with Gasteiger partial charge in [-0.2, -0.15) is 18.4 Å². The van der Waals surface area contributed by atoms with Crippen LogP contribution in [0.15, 0.2) is 72.8 Å². The van der Waals surface area contributed by atoms with Crippen LogP contribution in [-0.2, 0) is 40.2 Å². The van der Waals surface area contributed by atoms with Crippen LogP contribution in [0.3, 0.4) is 0 Å². The van der Waals surface area contributed by atoms with Gasteiger partial charge in [-0.1, -0.05) is 84.0 Å². The fourth-order valence-electron chi connectivity index (χ4n) is 9.35. The molecule has 1 aliphatic heterocycles. The molecule has 61 heavy (non-hydrogen) atoms. The first kappa shape index (κ1) is 47.8. The number of nitriles is 1. The average molecular weight is 866 g/mol. The number of rotatable bonds is 14. The number of halogens is 3. The van der Waals surface area contributed by atoms with Crippen LogP contribution >= 0.6 is 0 Å². The summed E-state index contributed by atoms with van der Waals surface area (Å²) in [6.07, 6.45) is -1.14. The van der Waals surface area contributed by atoms with Crippen molar-refractivity contribution in [1.82, 2.24) is 19.4 Å². The molecule has 3 saturated carbocycles. The Morgan fingerprint density at radius 1 is 1.02 bits per heavy atom. The highest BCUT2D eigenvalue weighted by molar-refractivity contribution is 7.82. The Balaban J connectivity index is 0.000000925. The van der Waals surface area contributed by atoms with E-state index in [2.05, 4.69) is 113 Å². The molecule has 1 saturated heterocycles. The second-order valence-corrected chi connectivity index (χ2v) is 20.6. The van der Waals surface area contributed by atoms with Crippen molar-refractivity contribution >= 4 is 22.9 Å². The number of carboxylic acid groups (broad SMARTS) is 1. The highest BCUT2D eigenvalue weighted by Gasteiger charge is 2.56. The summed E-state index contributed by atoms with van der Waals surface area (Å²) < 4.78 is 53.5. The normalized spacial score (nSPS) is 23.9. The van der Waals surface area contributed by atoms with Gasteiger partial charge < -0.3 is 20.1 Å². The summed E-state index contributed by atoms with van der Waals surface area (Å²) in [6.45, 7) is 16.8. The highest BCUT2D eigenvalue weighted by Crippen LogP contribution is 2.61. The van der Waals surface area contributed by atoms with Crippen LogP contribution in [0.4, 0.5) is 13.2 Å². The molecule has 3 aromatic carbocycles. The number of para-hydroxylation sites is 1.